The maximum absolute atomic E-state index is 4.37. The van der Waals surface area contributed by atoms with Crippen molar-refractivity contribution in [3.05, 3.63) is 24.2 Å². The molecule has 3 aromatic heterocycles. The fourth-order valence-corrected chi connectivity index (χ4v) is 2.20. The highest BCUT2D eigenvalue weighted by Crippen LogP contribution is 2.09. The maximum atomic E-state index is 4.37. The molecule has 3 rings (SSSR count). The summed E-state index contributed by atoms with van der Waals surface area (Å²) in [6.45, 7) is 5.46. The molecule has 0 aliphatic carbocycles. The van der Waals surface area contributed by atoms with E-state index in [1.54, 1.807) is 12.5 Å². The first-order valence-electron chi connectivity index (χ1n) is 6.89. The van der Waals surface area contributed by atoms with Crippen LogP contribution in [-0.2, 0) is 13.6 Å². The Bertz CT molecular complexity index is 757. The highest BCUT2D eigenvalue weighted by Gasteiger charge is 2.04. The molecule has 0 amide bonds. The Kier molecular flexibility index (Phi) is 3.51. The van der Waals surface area contributed by atoms with E-state index in [2.05, 4.69) is 30.4 Å². The minimum atomic E-state index is 0.604. The van der Waals surface area contributed by atoms with Gasteiger partial charge in [0, 0.05) is 20.1 Å². The number of rotatable bonds is 5. The molecule has 0 fully saturated rings. The number of anilines is 1. The summed E-state index contributed by atoms with van der Waals surface area (Å²) in [5.41, 5.74) is 1.63. The molecule has 0 unspecified atom stereocenters. The molecule has 1 N–H and O–H groups in total. The van der Waals surface area contributed by atoms with Crippen molar-refractivity contribution in [3.8, 4) is 0 Å². The zero-order valence-electron chi connectivity index (χ0n) is 12.4. The fourth-order valence-electron chi connectivity index (χ4n) is 2.20. The lowest BCUT2D eigenvalue weighted by molar-refractivity contribution is 0.571. The van der Waals surface area contributed by atoms with Gasteiger partial charge in [0.15, 0.2) is 5.65 Å². The second-order valence-corrected chi connectivity index (χ2v) is 4.97. The molecule has 0 atom stereocenters. The Hall–Kier alpha value is -2.51. The van der Waals surface area contributed by atoms with Crippen molar-refractivity contribution in [1.82, 2.24) is 34.3 Å². The molecule has 0 radical (unpaired) electrons. The minimum absolute atomic E-state index is 0.604. The molecular formula is C13H18N8. The molecule has 110 valence electrons. The zero-order valence-corrected chi connectivity index (χ0v) is 12.4. The first-order chi connectivity index (χ1) is 10.1. The van der Waals surface area contributed by atoms with Crippen LogP contribution in [0, 0.1) is 13.8 Å². The van der Waals surface area contributed by atoms with Crippen LogP contribution < -0.4 is 5.32 Å². The van der Waals surface area contributed by atoms with Crippen LogP contribution in [0.3, 0.4) is 0 Å². The molecule has 3 heterocycles. The third-order valence-corrected chi connectivity index (χ3v) is 3.28. The first-order valence-corrected chi connectivity index (χ1v) is 6.89. The van der Waals surface area contributed by atoms with E-state index in [-0.39, 0.29) is 0 Å². The first kappa shape index (κ1) is 13.5. The summed E-state index contributed by atoms with van der Waals surface area (Å²) in [5, 5.41) is 7.54. The van der Waals surface area contributed by atoms with Gasteiger partial charge in [-0.2, -0.15) is 10.1 Å². The summed E-state index contributed by atoms with van der Waals surface area (Å²) >= 11 is 0. The zero-order chi connectivity index (χ0) is 14.8. The predicted molar refractivity (Wildman–Crippen MR) is 78.9 cm³/mol. The lowest BCUT2D eigenvalue weighted by Crippen LogP contribution is -2.10. The van der Waals surface area contributed by atoms with Crippen molar-refractivity contribution in [1.29, 1.82) is 0 Å². The summed E-state index contributed by atoms with van der Waals surface area (Å²) in [6, 6.07) is 0. The maximum Gasteiger partial charge on any atom is 0.224 e. The number of imidazole rings is 1. The van der Waals surface area contributed by atoms with E-state index in [9.17, 15) is 0 Å². The molecule has 0 aromatic carbocycles. The SMILES string of the molecule is Cc1nc(C)n(CCCNc2ncc3c(ncn3C)n2)n1. The van der Waals surface area contributed by atoms with E-state index >= 15 is 0 Å². The highest BCUT2D eigenvalue weighted by molar-refractivity contribution is 5.70. The Balaban J connectivity index is 1.55. The topological polar surface area (TPSA) is 86.3 Å². The third kappa shape index (κ3) is 2.83. The average Bonchev–Trinajstić information content (AvgIpc) is 2.98. The number of nitrogens with one attached hydrogen (secondary N) is 1. The molecule has 8 nitrogen and oxygen atoms in total. The summed E-state index contributed by atoms with van der Waals surface area (Å²) in [6.07, 6.45) is 4.44. The van der Waals surface area contributed by atoms with Crippen LogP contribution >= 0.6 is 0 Å². The summed E-state index contributed by atoms with van der Waals surface area (Å²) in [7, 11) is 1.92. The van der Waals surface area contributed by atoms with Crippen LogP contribution in [0.15, 0.2) is 12.5 Å². The van der Waals surface area contributed by atoms with Gasteiger partial charge in [-0.15, -0.1) is 0 Å². The van der Waals surface area contributed by atoms with Crippen LogP contribution in [-0.4, -0.2) is 40.8 Å². The normalized spacial score (nSPS) is 11.2. The lowest BCUT2D eigenvalue weighted by atomic mass is 10.4. The number of hydrogen-bond acceptors (Lipinski definition) is 6. The Labute approximate surface area is 122 Å². The van der Waals surface area contributed by atoms with E-state index in [0.29, 0.717) is 11.6 Å². The van der Waals surface area contributed by atoms with Crippen molar-refractivity contribution in [2.24, 2.45) is 7.05 Å². The van der Waals surface area contributed by atoms with Crippen molar-refractivity contribution in [2.75, 3.05) is 11.9 Å². The van der Waals surface area contributed by atoms with E-state index in [1.807, 2.05) is 30.1 Å². The van der Waals surface area contributed by atoms with E-state index in [1.165, 1.54) is 0 Å². The molecule has 8 heteroatoms. The van der Waals surface area contributed by atoms with Crippen molar-refractivity contribution in [2.45, 2.75) is 26.8 Å². The van der Waals surface area contributed by atoms with Crippen molar-refractivity contribution >= 4 is 17.1 Å². The van der Waals surface area contributed by atoms with Gasteiger partial charge in [-0.05, 0) is 20.3 Å². The molecule has 0 aliphatic heterocycles. The third-order valence-electron chi connectivity index (χ3n) is 3.28. The van der Waals surface area contributed by atoms with E-state index in [4.69, 9.17) is 0 Å². The molecular weight excluding hydrogens is 268 g/mol. The van der Waals surface area contributed by atoms with Gasteiger partial charge in [-0.3, -0.25) is 4.68 Å². The molecule has 0 aliphatic rings. The van der Waals surface area contributed by atoms with E-state index in [0.717, 1.165) is 36.7 Å². The minimum Gasteiger partial charge on any atom is -0.354 e. The lowest BCUT2D eigenvalue weighted by Gasteiger charge is -2.05. The van der Waals surface area contributed by atoms with Crippen molar-refractivity contribution < 1.29 is 0 Å². The Morgan fingerprint density at radius 1 is 1.19 bits per heavy atom. The number of nitrogens with zero attached hydrogens (tertiary/aromatic N) is 7. The van der Waals surface area contributed by atoms with Gasteiger partial charge in [0.05, 0.1) is 12.5 Å². The van der Waals surface area contributed by atoms with Crippen LogP contribution in [0.1, 0.15) is 18.1 Å². The molecule has 21 heavy (non-hydrogen) atoms. The summed E-state index contributed by atoms with van der Waals surface area (Å²) in [4.78, 5) is 17.2. The van der Waals surface area contributed by atoms with Crippen LogP contribution in [0.2, 0.25) is 0 Å². The monoisotopic (exact) mass is 286 g/mol. The molecule has 3 aromatic rings. The number of hydrogen-bond donors (Lipinski definition) is 1. The summed E-state index contributed by atoms with van der Waals surface area (Å²) < 4.78 is 3.81. The number of aryl methyl sites for hydroxylation is 4. The summed E-state index contributed by atoms with van der Waals surface area (Å²) in [5.74, 6) is 2.36. The average molecular weight is 286 g/mol. The van der Waals surface area contributed by atoms with Gasteiger partial charge in [0.25, 0.3) is 0 Å². The Morgan fingerprint density at radius 2 is 2.05 bits per heavy atom. The number of aromatic nitrogens is 7. The van der Waals surface area contributed by atoms with Gasteiger partial charge >= 0.3 is 0 Å². The molecule has 0 saturated heterocycles. The number of fused-ring (bicyclic) bond motifs is 1. The standard InChI is InChI=1S/C13H18N8/c1-9-17-10(2)21(19-9)6-4-5-14-13-15-7-11-12(18-13)16-8-20(11)3/h7-8H,4-6H2,1-3H3,(H,14,15,18). The molecule has 0 spiro atoms. The Morgan fingerprint density at radius 3 is 2.81 bits per heavy atom. The van der Waals surface area contributed by atoms with Gasteiger partial charge in [0.1, 0.15) is 17.2 Å². The second-order valence-electron chi connectivity index (χ2n) is 4.97. The predicted octanol–water partition coefficient (Wildman–Crippen LogP) is 1.07. The fraction of sp³-hybridized carbons (Fsp3) is 0.462. The quantitative estimate of drug-likeness (QED) is 0.706. The van der Waals surface area contributed by atoms with Crippen LogP contribution in [0.25, 0.3) is 11.2 Å². The second kappa shape index (κ2) is 5.47. The van der Waals surface area contributed by atoms with Crippen molar-refractivity contribution in [3.63, 3.8) is 0 Å². The largest absolute Gasteiger partial charge is 0.354 e. The van der Waals surface area contributed by atoms with E-state index < -0.39 is 0 Å². The van der Waals surface area contributed by atoms with Gasteiger partial charge < -0.3 is 9.88 Å². The van der Waals surface area contributed by atoms with Gasteiger partial charge in [-0.25, -0.2) is 15.0 Å². The van der Waals surface area contributed by atoms with Gasteiger partial charge in [0.2, 0.25) is 5.95 Å². The van der Waals surface area contributed by atoms with Crippen LogP contribution in [0.5, 0.6) is 0 Å². The van der Waals surface area contributed by atoms with Crippen LogP contribution in [0.4, 0.5) is 5.95 Å². The smallest absolute Gasteiger partial charge is 0.224 e. The highest BCUT2D eigenvalue weighted by atomic mass is 15.3. The molecule has 0 bridgehead atoms. The van der Waals surface area contributed by atoms with Gasteiger partial charge in [-0.1, -0.05) is 0 Å². The molecule has 0 saturated carbocycles.